The molecule has 0 spiro atoms. The van der Waals surface area contributed by atoms with Gasteiger partial charge in [0.15, 0.2) is 0 Å². The molecule has 3 rings (SSSR count). The van der Waals surface area contributed by atoms with Gasteiger partial charge in [-0.3, -0.25) is 4.79 Å². The average Bonchev–Trinajstić information content (AvgIpc) is 2.86. The third-order valence-corrected chi connectivity index (χ3v) is 3.84. The van der Waals surface area contributed by atoms with Crippen molar-refractivity contribution >= 4 is 23.2 Å². The lowest BCUT2D eigenvalue weighted by Crippen LogP contribution is -2.24. The van der Waals surface area contributed by atoms with Crippen molar-refractivity contribution in [1.82, 2.24) is 14.3 Å². The number of aromatic nitrogens is 2. The number of fused-ring (bicyclic) bond motifs is 1. The zero-order chi connectivity index (χ0) is 16.6. The predicted octanol–water partition coefficient (Wildman–Crippen LogP) is 3.42. The Labute approximate surface area is 138 Å². The largest absolute Gasteiger partial charge is 0.348 e. The predicted molar refractivity (Wildman–Crippen MR) is 88.0 cm³/mol. The number of hydrogen-bond donors (Lipinski definition) is 0. The van der Waals surface area contributed by atoms with Gasteiger partial charge in [-0.2, -0.15) is 0 Å². The first-order chi connectivity index (χ1) is 11.0. The van der Waals surface area contributed by atoms with Crippen molar-refractivity contribution in [2.75, 3.05) is 14.1 Å². The first kappa shape index (κ1) is 15.5. The van der Waals surface area contributed by atoms with E-state index in [1.807, 2.05) is 4.40 Å². The number of benzene rings is 1. The van der Waals surface area contributed by atoms with Crippen LogP contribution in [-0.4, -0.2) is 34.3 Å². The number of carbonyl (C=O) groups is 1. The number of nitrogens with zero attached hydrogens (tertiary/aromatic N) is 3. The highest BCUT2D eigenvalue weighted by atomic mass is 35.5. The maximum Gasteiger partial charge on any atom is 0.228 e. The van der Waals surface area contributed by atoms with E-state index >= 15 is 0 Å². The molecule has 0 aliphatic rings. The van der Waals surface area contributed by atoms with E-state index in [0.717, 1.165) is 11.3 Å². The van der Waals surface area contributed by atoms with Crippen LogP contribution < -0.4 is 0 Å². The Kier molecular flexibility index (Phi) is 4.05. The average molecular weight is 332 g/mol. The van der Waals surface area contributed by atoms with Gasteiger partial charge in [0.05, 0.1) is 22.8 Å². The van der Waals surface area contributed by atoms with Gasteiger partial charge in [0.1, 0.15) is 11.5 Å². The fourth-order valence-electron chi connectivity index (χ4n) is 2.38. The van der Waals surface area contributed by atoms with Crippen LogP contribution in [0.25, 0.3) is 16.9 Å². The Hall–Kier alpha value is -2.40. The minimum absolute atomic E-state index is 0.0462. The molecule has 1 aromatic carbocycles. The number of likely N-dealkylation sites (N-methyl/N-ethyl adjacent to an activating group) is 1. The van der Waals surface area contributed by atoms with Gasteiger partial charge in [0.25, 0.3) is 0 Å². The summed E-state index contributed by atoms with van der Waals surface area (Å²) in [7, 11) is 3.41. The van der Waals surface area contributed by atoms with E-state index in [2.05, 4.69) is 4.98 Å². The van der Waals surface area contributed by atoms with E-state index in [-0.39, 0.29) is 18.1 Å². The van der Waals surface area contributed by atoms with Crippen LogP contribution in [0.1, 0.15) is 5.69 Å². The zero-order valence-electron chi connectivity index (χ0n) is 12.8. The van der Waals surface area contributed by atoms with Crippen LogP contribution in [0.3, 0.4) is 0 Å². The summed E-state index contributed by atoms with van der Waals surface area (Å²) < 4.78 is 15.0. The monoisotopic (exact) mass is 331 g/mol. The smallest absolute Gasteiger partial charge is 0.228 e. The van der Waals surface area contributed by atoms with Crippen LogP contribution in [0.5, 0.6) is 0 Å². The Balaban J connectivity index is 2.19. The van der Waals surface area contributed by atoms with Crippen LogP contribution in [0.4, 0.5) is 4.39 Å². The summed E-state index contributed by atoms with van der Waals surface area (Å²) in [5.74, 6) is -0.360. The number of rotatable bonds is 3. The number of hydrogen-bond acceptors (Lipinski definition) is 2. The van der Waals surface area contributed by atoms with Crippen LogP contribution >= 0.6 is 11.6 Å². The standard InChI is InChI=1S/C17H15ClFN3O/c1-21(2)16(23)9-14-17(11-3-6-13(19)7-4-11)20-15-8-5-12(18)10-22(14)15/h3-8,10H,9H2,1-2H3. The Bertz CT molecular complexity index is 871. The molecule has 0 aliphatic heterocycles. The molecular weight excluding hydrogens is 317 g/mol. The van der Waals surface area contributed by atoms with Crippen LogP contribution in [0, 0.1) is 5.82 Å². The summed E-state index contributed by atoms with van der Waals surface area (Å²) in [6.07, 6.45) is 1.91. The van der Waals surface area contributed by atoms with E-state index in [0.29, 0.717) is 16.4 Å². The topological polar surface area (TPSA) is 37.6 Å². The second kappa shape index (κ2) is 6.01. The fourth-order valence-corrected chi connectivity index (χ4v) is 2.54. The lowest BCUT2D eigenvalue weighted by molar-refractivity contribution is -0.128. The molecule has 0 aliphatic carbocycles. The van der Waals surface area contributed by atoms with E-state index < -0.39 is 0 Å². The Morgan fingerprint density at radius 2 is 1.91 bits per heavy atom. The molecular formula is C17H15ClFN3O. The van der Waals surface area contributed by atoms with Crippen molar-refractivity contribution in [1.29, 1.82) is 0 Å². The molecule has 0 N–H and O–H groups in total. The molecule has 0 bridgehead atoms. The third-order valence-electron chi connectivity index (χ3n) is 3.62. The summed E-state index contributed by atoms with van der Waals surface area (Å²) in [4.78, 5) is 18.3. The van der Waals surface area contributed by atoms with E-state index in [4.69, 9.17) is 11.6 Å². The fraction of sp³-hybridized carbons (Fsp3) is 0.176. The summed E-state index contributed by atoms with van der Waals surface area (Å²) in [5.41, 5.74) is 2.83. The van der Waals surface area contributed by atoms with Gasteiger partial charge < -0.3 is 9.30 Å². The molecule has 0 saturated heterocycles. The van der Waals surface area contributed by atoms with Gasteiger partial charge in [0, 0.05) is 25.9 Å². The van der Waals surface area contributed by atoms with Crippen molar-refractivity contribution in [3.05, 3.63) is 59.1 Å². The Morgan fingerprint density at radius 1 is 1.22 bits per heavy atom. The van der Waals surface area contributed by atoms with Crippen LogP contribution in [-0.2, 0) is 11.2 Å². The molecule has 0 radical (unpaired) electrons. The number of imidazole rings is 1. The third kappa shape index (κ3) is 3.05. The summed E-state index contributed by atoms with van der Waals surface area (Å²) in [5, 5.41) is 0.555. The first-order valence-corrected chi connectivity index (χ1v) is 7.46. The summed E-state index contributed by atoms with van der Waals surface area (Å²) in [6, 6.07) is 9.60. The molecule has 0 saturated carbocycles. The molecule has 4 nitrogen and oxygen atoms in total. The van der Waals surface area contributed by atoms with E-state index in [1.54, 1.807) is 44.6 Å². The number of carbonyl (C=O) groups excluding carboxylic acids is 1. The van der Waals surface area contributed by atoms with Crippen molar-refractivity contribution in [3.63, 3.8) is 0 Å². The molecule has 118 valence electrons. The van der Waals surface area contributed by atoms with Crippen molar-refractivity contribution < 1.29 is 9.18 Å². The van der Waals surface area contributed by atoms with Gasteiger partial charge in [-0.25, -0.2) is 9.37 Å². The molecule has 0 unspecified atom stereocenters. The van der Waals surface area contributed by atoms with Crippen molar-refractivity contribution in [2.45, 2.75) is 6.42 Å². The minimum atomic E-state index is -0.313. The number of pyridine rings is 1. The number of halogens is 2. The maximum atomic E-state index is 13.2. The normalized spacial score (nSPS) is 11.0. The van der Waals surface area contributed by atoms with Crippen LogP contribution in [0.15, 0.2) is 42.6 Å². The lowest BCUT2D eigenvalue weighted by Gasteiger charge is -2.11. The molecule has 6 heteroatoms. The lowest BCUT2D eigenvalue weighted by atomic mass is 10.1. The quantitative estimate of drug-likeness (QED) is 0.737. The molecule has 0 fully saturated rings. The summed E-state index contributed by atoms with van der Waals surface area (Å²) in [6.45, 7) is 0. The van der Waals surface area contributed by atoms with Gasteiger partial charge in [-0.1, -0.05) is 11.6 Å². The van der Waals surface area contributed by atoms with Gasteiger partial charge >= 0.3 is 0 Å². The van der Waals surface area contributed by atoms with E-state index in [9.17, 15) is 9.18 Å². The highest BCUT2D eigenvalue weighted by Crippen LogP contribution is 2.26. The minimum Gasteiger partial charge on any atom is -0.348 e. The molecule has 2 aromatic heterocycles. The molecule has 1 amide bonds. The highest BCUT2D eigenvalue weighted by molar-refractivity contribution is 6.30. The second-order valence-electron chi connectivity index (χ2n) is 5.45. The van der Waals surface area contributed by atoms with Gasteiger partial charge in [-0.15, -0.1) is 0 Å². The Morgan fingerprint density at radius 3 is 2.57 bits per heavy atom. The molecule has 2 heterocycles. The highest BCUT2D eigenvalue weighted by Gasteiger charge is 2.18. The summed E-state index contributed by atoms with van der Waals surface area (Å²) >= 11 is 6.07. The van der Waals surface area contributed by atoms with E-state index in [1.165, 1.54) is 17.0 Å². The maximum absolute atomic E-state index is 13.2. The zero-order valence-corrected chi connectivity index (χ0v) is 13.5. The van der Waals surface area contributed by atoms with Crippen molar-refractivity contribution in [2.24, 2.45) is 0 Å². The number of amides is 1. The SMILES string of the molecule is CN(C)C(=O)Cc1c(-c2ccc(F)cc2)nc2ccc(Cl)cn12. The second-order valence-corrected chi connectivity index (χ2v) is 5.89. The van der Waals surface area contributed by atoms with Crippen molar-refractivity contribution in [3.8, 4) is 11.3 Å². The molecule has 0 atom stereocenters. The van der Waals surface area contributed by atoms with Crippen LogP contribution in [0.2, 0.25) is 5.02 Å². The molecule has 23 heavy (non-hydrogen) atoms. The first-order valence-electron chi connectivity index (χ1n) is 7.08. The molecule has 3 aromatic rings. The van der Waals surface area contributed by atoms with Gasteiger partial charge in [0.2, 0.25) is 5.91 Å². The van der Waals surface area contributed by atoms with Gasteiger partial charge in [-0.05, 0) is 36.4 Å².